The van der Waals surface area contributed by atoms with Crippen molar-refractivity contribution in [3.63, 3.8) is 0 Å². The van der Waals surface area contributed by atoms with Crippen LogP contribution in [0.4, 0.5) is 5.69 Å². The number of nitrogens with one attached hydrogen (secondary N) is 3. The summed E-state index contributed by atoms with van der Waals surface area (Å²) < 4.78 is 73.2. The molecule has 0 unspecified atom stereocenters. The number of rotatable bonds is 28. The monoisotopic (exact) mass is 1070 g/mol. The number of pyridine rings is 1. The molecule has 0 atom stereocenters. The van der Waals surface area contributed by atoms with Gasteiger partial charge >= 0.3 is 5.97 Å². The van der Waals surface area contributed by atoms with E-state index in [2.05, 4.69) is 15.6 Å². The second-order valence-corrected chi connectivity index (χ2v) is 21.9. The van der Waals surface area contributed by atoms with Crippen molar-refractivity contribution in [2.24, 2.45) is 0 Å². The normalized spacial score (nSPS) is 13.6. The average Bonchev–Trinajstić information content (AvgIpc) is 3.38. The number of amides is 2. The average molecular weight is 1070 g/mol. The molecule has 6 rings (SSSR count). The third-order valence-corrected chi connectivity index (χ3v) is 13.9. The maximum Gasteiger partial charge on any atom is 0.325 e. The van der Waals surface area contributed by atoms with Gasteiger partial charge in [0.1, 0.15) is 36.7 Å². The highest BCUT2D eigenvalue weighted by molar-refractivity contribution is 7.89. The molecular weight excluding hydrogens is 1000 g/mol. The maximum atomic E-state index is 13.4. The fourth-order valence-corrected chi connectivity index (χ4v) is 9.64. The molecule has 19 nitrogen and oxygen atoms in total. The zero-order chi connectivity index (χ0) is 54.7. The zero-order valence-electron chi connectivity index (χ0n) is 44.3. The summed E-state index contributed by atoms with van der Waals surface area (Å²) >= 11 is 0. The van der Waals surface area contributed by atoms with Crippen LogP contribution in [0.3, 0.4) is 0 Å². The second kappa shape index (κ2) is 28.1. The van der Waals surface area contributed by atoms with Gasteiger partial charge in [0, 0.05) is 47.5 Å². The Balaban J connectivity index is 0.745. The van der Waals surface area contributed by atoms with Gasteiger partial charge in [-0.3, -0.25) is 19.2 Å². The number of esters is 1. The van der Waals surface area contributed by atoms with Crippen LogP contribution in [0.25, 0.3) is 10.9 Å². The van der Waals surface area contributed by atoms with Gasteiger partial charge in [-0.2, -0.15) is 4.31 Å². The summed E-state index contributed by atoms with van der Waals surface area (Å²) in [7, 11) is -3.75. The number of aromatic hydroxyl groups is 1. The number of hydrogen-bond donors (Lipinski definition) is 4. The molecule has 0 aliphatic carbocycles. The van der Waals surface area contributed by atoms with Crippen LogP contribution in [0.2, 0.25) is 0 Å². The van der Waals surface area contributed by atoms with Crippen LogP contribution >= 0.6 is 0 Å². The van der Waals surface area contributed by atoms with E-state index < -0.39 is 44.3 Å². The number of phenolic OH excluding ortho intramolecular Hbond substituents is 1. The molecule has 5 aromatic rings. The van der Waals surface area contributed by atoms with Crippen LogP contribution in [0.15, 0.2) is 101 Å². The number of carbonyl (C=O) groups is 3. The van der Waals surface area contributed by atoms with E-state index in [1.54, 1.807) is 51.1 Å². The quantitative estimate of drug-likeness (QED) is 0.0292. The lowest BCUT2D eigenvalue weighted by atomic mass is 9.85. The molecular formula is C56H72N4O15S. The Kier molecular flexibility index (Phi) is 21.8. The van der Waals surface area contributed by atoms with Crippen molar-refractivity contribution in [3.05, 3.63) is 124 Å². The first-order valence-electron chi connectivity index (χ1n) is 25.4. The van der Waals surface area contributed by atoms with Crippen LogP contribution in [-0.2, 0) is 48.7 Å². The van der Waals surface area contributed by atoms with Crippen LogP contribution in [-0.4, -0.2) is 145 Å². The fraction of sp³-hybridized carbons (Fsp3) is 0.464. The number of para-hydroxylation sites is 1. The standard InChI is InChI=1S/C56H72N4O15S/c1-55(2,3)46-35-50(49(61)36-48(46)59-54(65)45-37-57-47-10-8-7-9-44(47)52(45)63)74-34-32-72-30-28-70-26-24-68-23-25-69-27-29-71-31-33-73-42-15-11-39(12-16-42)40-19-21-60(22-20-40)76(66,67)43-17-13-41(14-18-43)53(64)58-38-51(62)75-56(4,5)6/h7-18,35-37,40,61H,19-34,38H2,1-6H3,(H,57,63)(H,58,64)(H,59,65). The molecule has 0 bridgehead atoms. The van der Waals surface area contributed by atoms with Gasteiger partial charge in [0.15, 0.2) is 11.5 Å². The first-order valence-corrected chi connectivity index (χ1v) is 26.9. The SMILES string of the molecule is CC(C)(C)OC(=O)CNC(=O)c1ccc(S(=O)(=O)N2CCC(c3ccc(OCCOCCOCCOCCOCCOCCOc4cc(C(C)(C)C)c(NC(=O)c5c[nH]c6ccccc6c5=O)cc4O)cc3)CC2)cc1. The number of carbonyl (C=O) groups excluding carboxylic acids is 3. The number of piperidine rings is 1. The van der Waals surface area contributed by atoms with E-state index in [1.165, 1.54) is 40.8 Å². The summed E-state index contributed by atoms with van der Waals surface area (Å²) in [5.41, 5.74) is 1.52. The molecule has 4 N–H and O–H groups in total. The predicted molar refractivity (Wildman–Crippen MR) is 286 cm³/mol. The van der Waals surface area contributed by atoms with E-state index in [1.807, 2.05) is 45.0 Å². The van der Waals surface area contributed by atoms with Crippen LogP contribution in [0.5, 0.6) is 17.2 Å². The zero-order valence-corrected chi connectivity index (χ0v) is 45.1. The molecule has 2 amide bonds. The molecule has 0 saturated carbocycles. The van der Waals surface area contributed by atoms with E-state index >= 15 is 0 Å². The third kappa shape index (κ3) is 17.9. The Morgan fingerprint density at radius 2 is 1.25 bits per heavy atom. The van der Waals surface area contributed by atoms with Gasteiger partial charge in [-0.15, -0.1) is 0 Å². The van der Waals surface area contributed by atoms with Crippen molar-refractivity contribution in [1.82, 2.24) is 14.6 Å². The predicted octanol–water partition coefficient (Wildman–Crippen LogP) is 6.96. The number of benzene rings is 4. The van der Waals surface area contributed by atoms with E-state index in [-0.39, 0.29) is 53.2 Å². The summed E-state index contributed by atoms with van der Waals surface area (Å²) in [6.45, 7) is 15.9. The molecule has 1 fully saturated rings. The van der Waals surface area contributed by atoms with Gasteiger partial charge in [0.05, 0.1) is 71.0 Å². The lowest BCUT2D eigenvalue weighted by Crippen LogP contribution is -2.38. The minimum Gasteiger partial charge on any atom is -0.504 e. The van der Waals surface area contributed by atoms with Crippen molar-refractivity contribution in [2.75, 3.05) is 104 Å². The van der Waals surface area contributed by atoms with E-state index in [0.29, 0.717) is 120 Å². The number of fused-ring (bicyclic) bond motifs is 1. The molecule has 0 spiro atoms. The number of aromatic amines is 1. The Bertz CT molecular complexity index is 2850. The number of phenols is 1. The first kappa shape index (κ1) is 58.9. The van der Waals surface area contributed by atoms with Crippen LogP contribution < -0.4 is 25.5 Å². The fourth-order valence-electron chi connectivity index (χ4n) is 8.17. The van der Waals surface area contributed by atoms with Gasteiger partial charge in [-0.05, 0) is 111 Å². The van der Waals surface area contributed by atoms with Gasteiger partial charge in [0.2, 0.25) is 15.5 Å². The molecule has 1 aromatic heterocycles. The van der Waals surface area contributed by atoms with Crippen molar-refractivity contribution in [1.29, 1.82) is 0 Å². The van der Waals surface area contributed by atoms with Crippen molar-refractivity contribution in [2.45, 2.75) is 76.2 Å². The number of aromatic nitrogens is 1. The van der Waals surface area contributed by atoms with E-state index in [4.69, 9.17) is 37.9 Å². The van der Waals surface area contributed by atoms with Gasteiger partial charge in [0.25, 0.3) is 11.8 Å². The Labute approximate surface area is 444 Å². The molecule has 4 aromatic carbocycles. The highest BCUT2D eigenvalue weighted by Crippen LogP contribution is 2.39. The second-order valence-electron chi connectivity index (χ2n) is 19.9. The third-order valence-electron chi connectivity index (χ3n) is 12.0. The minimum atomic E-state index is -3.75. The molecule has 2 heterocycles. The molecule has 0 radical (unpaired) electrons. The molecule has 1 saturated heterocycles. The molecule has 412 valence electrons. The summed E-state index contributed by atoms with van der Waals surface area (Å²) in [6, 6.07) is 23.6. The largest absolute Gasteiger partial charge is 0.504 e. The van der Waals surface area contributed by atoms with Gasteiger partial charge < -0.3 is 58.6 Å². The summed E-state index contributed by atoms with van der Waals surface area (Å²) in [6.07, 6.45) is 2.72. The Hall–Kier alpha value is -6.39. The number of nitrogens with zero attached hydrogens (tertiary/aromatic N) is 1. The smallest absolute Gasteiger partial charge is 0.325 e. The van der Waals surface area contributed by atoms with Crippen molar-refractivity contribution >= 4 is 44.4 Å². The molecule has 20 heteroatoms. The molecule has 76 heavy (non-hydrogen) atoms. The van der Waals surface area contributed by atoms with Crippen LogP contribution in [0.1, 0.15) is 92.1 Å². The maximum absolute atomic E-state index is 13.4. The lowest BCUT2D eigenvalue weighted by molar-refractivity contribution is -0.153. The summed E-state index contributed by atoms with van der Waals surface area (Å²) in [4.78, 5) is 53.8. The first-order chi connectivity index (χ1) is 36.3. The summed E-state index contributed by atoms with van der Waals surface area (Å²) in [5.74, 6) is -0.671. The summed E-state index contributed by atoms with van der Waals surface area (Å²) in [5, 5.41) is 16.5. The van der Waals surface area contributed by atoms with Crippen LogP contribution in [0, 0.1) is 0 Å². The molecule has 1 aliphatic heterocycles. The van der Waals surface area contributed by atoms with E-state index in [9.17, 15) is 32.7 Å². The van der Waals surface area contributed by atoms with Crippen molar-refractivity contribution < 1.29 is 65.8 Å². The highest BCUT2D eigenvalue weighted by Gasteiger charge is 2.31. The number of anilines is 1. The molecule has 1 aliphatic rings. The topological polar surface area (TPSA) is 240 Å². The number of sulfonamides is 1. The van der Waals surface area contributed by atoms with E-state index in [0.717, 1.165) is 5.56 Å². The van der Waals surface area contributed by atoms with Crippen molar-refractivity contribution in [3.8, 4) is 17.2 Å². The number of hydrogen-bond acceptors (Lipinski definition) is 15. The van der Waals surface area contributed by atoms with Gasteiger partial charge in [-0.1, -0.05) is 45.0 Å². The number of H-pyrrole nitrogens is 1. The highest BCUT2D eigenvalue weighted by atomic mass is 32.2. The number of ether oxygens (including phenoxy) is 8. The lowest BCUT2D eigenvalue weighted by Gasteiger charge is -2.31. The Morgan fingerprint density at radius 3 is 1.82 bits per heavy atom. The minimum absolute atomic E-state index is 0.0415. The van der Waals surface area contributed by atoms with Gasteiger partial charge in [-0.25, -0.2) is 8.42 Å². The Morgan fingerprint density at radius 1 is 0.697 bits per heavy atom.